The molecule has 1 atom stereocenters. The number of esters is 1. The van der Waals surface area contributed by atoms with Crippen molar-refractivity contribution in [2.45, 2.75) is 84.0 Å². The maximum atomic E-state index is 12.8. The smallest absolute Gasteiger partial charge is 0.331 e. The van der Waals surface area contributed by atoms with Crippen molar-refractivity contribution in [1.29, 1.82) is 5.26 Å². The van der Waals surface area contributed by atoms with Gasteiger partial charge in [0.1, 0.15) is 0 Å². The van der Waals surface area contributed by atoms with Gasteiger partial charge in [-0.15, -0.1) is 0 Å². The van der Waals surface area contributed by atoms with Crippen LogP contribution in [0.15, 0.2) is 18.2 Å². The Morgan fingerprint density at radius 1 is 0.973 bits per heavy atom. The van der Waals surface area contributed by atoms with Crippen LogP contribution in [0.2, 0.25) is 51.9 Å². The van der Waals surface area contributed by atoms with Crippen molar-refractivity contribution >= 4 is 36.7 Å². The van der Waals surface area contributed by atoms with Crippen LogP contribution in [-0.2, 0) is 23.2 Å². The highest BCUT2D eigenvalue weighted by atomic mass is 28.5. The number of fused-ring (bicyclic) bond motifs is 1. The Morgan fingerprint density at radius 2 is 1.51 bits per heavy atom. The van der Waals surface area contributed by atoms with Gasteiger partial charge in [0.25, 0.3) is 0 Å². The summed E-state index contributed by atoms with van der Waals surface area (Å²) >= 11 is 0. The van der Waals surface area contributed by atoms with Gasteiger partial charge in [0, 0.05) is 11.5 Å². The zero-order valence-corrected chi connectivity index (χ0v) is 27.5. The van der Waals surface area contributed by atoms with E-state index in [1.165, 1.54) is 6.08 Å². The third-order valence-corrected chi connectivity index (χ3v) is 15.9. The van der Waals surface area contributed by atoms with E-state index in [-0.39, 0.29) is 0 Å². The van der Waals surface area contributed by atoms with E-state index in [9.17, 15) is 10.1 Å². The Hall–Kier alpha value is -1.91. The number of benzene rings is 1. The van der Waals surface area contributed by atoms with Gasteiger partial charge in [-0.1, -0.05) is 13.8 Å². The van der Waals surface area contributed by atoms with E-state index in [0.717, 1.165) is 30.0 Å². The summed E-state index contributed by atoms with van der Waals surface area (Å²) in [6.07, 6.45) is 3.07. The molecule has 7 nitrogen and oxygen atoms in total. The Balaban J connectivity index is 2.10. The number of carbonyl (C=O) groups excluding carboxylic acids is 1. The van der Waals surface area contributed by atoms with E-state index in [4.69, 9.17) is 22.4 Å². The minimum atomic E-state index is -2.30. The molecule has 2 rings (SSSR count). The average molecular weight is 564 g/mol. The van der Waals surface area contributed by atoms with E-state index in [1.54, 1.807) is 14.2 Å². The molecular weight excluding hydrogens is 519 g/mol. The number of hydrogen-bond donors (Lipinski definition) is 0. The molecule has 1 aliphatic carbocycles. The van der Waals surface area contributed by atoms with Crippen LogP contribution >= 0.6 is 0 Å². The summed E-state index contributed by atoms with van der Waals surface area (Å²) in [6, 6.07) is 7.00. The monoisotopic (exact) mass is 563 g/mol. The van der Waals surface area contributed by atoms with Crippen molar-refractivity contribution in [3.8, 4) is 17.6 Å². The fourth-order valence-electron chi connectivity index (χ4n) is 5.05. The van der Waals surface area contributed by atoms with E-state index in [1.807, 2.05) is 26.0 Å². The lowest BCUT2D eigenvalue weighted by Gasteiger charge is -2.38. The minimum Gasteiger partial charge on any atom is -0.493 e. The normalized spacial score (nSPS) is 18.3. The summed E-state index contributed by atoms with van der Waals surface area (Å²) in [5, 5.41) is 9.97. The molecule has 37 heavy (non-hydrogen) atoms. The number of rotatable bonds is 12. The lowest BCUT2D eigenvalue weighted by Crippen LogP contribution is -2.52. The lowest BCUT2D eigenvalue weighted by molar-refractivity contribution is -0.137. The van der Waals surface area contributed by atoms with Crippen molar-refractivity contribution in [3.05, 3.63) is 29.3 Å². The first kappa shape index (κ1) is 31.3. The van der Waals surface area contributed by atoms with Crippen molar-refractivity contribution in [3.63, 3.8) is 0 Å². The highest BCUT2D eigenvalue weighted by molar-refractivity contribution is 6.87. The van der Waals surface area contributed by atoms with Crippen LogP contribution in [-0.4, -0.2) is 52.0 Å². The van der Waals surface area contributed by atoms with E-state index >= 15 is 0 Å². The van der Waals surface area contributed by atoms with Gasteiger partial charge in [0.05, 0.1) is 32.8 Å². The van der Waals surface area contributed by atoms with Crippen LogP contribution in [0.3, 0.4) is 0 Å². The summed E-state index contributed by atoms with van der Waals surface area (Å²) in [5.74, 6) is 0.228. The predicted molar refractivity (Wildman–Crippen MR) is 155 cm³/mol. The molecule has 1 aromatic carbocycles. The highest BCUT2D eigenvalue weighted by Gasteiger charge is 2.44. The molecule has 0 heterocycles. The number of methoxy groups -OCH3 is 2. The van der Waals surface area contributed by atoms with Gasteiger partial charge in [0.2, 0.25) is 0 Å². The van der Waals surface area contributed by atoms with Crippen LogP contribution < -0.4 is 9.47 Å². The summed E-state index contributed by atoms with van der Waals surface area (Å²) in [6.45, 7) is 19.7. The first-order valence-electron chi connectivity index (χ1n) is 12.9. The number of unbranched alkanes of at least 4 members (excludes halogenated alkanes) is 1. The van der Waals surface area contributed by atoms with Crippen molar-refractivity contribution < 1.29 is 27.2 Å². The van der Waals surface area contributed by atoms with Crippen LogP contribution in [0.1, 0.15) is 37.8 Å². The van der Waals surface area contributed by atoms with E-state index < -0.39 is 42.5 Å². The van der Waals surface area contributed by atoms with Gasteiger partial charge < -0.3 is 22.4 Å². The zero-order valence-electron chi connectivity index (χ0n) is 24.5. The molecule has 1 unspecified atom stereocenters. The SMILES string of the molecule is COc1cc2c(cc1OC)C(C)(C)C(C#N)C2=CC(=O)OCCCC[Si](C)(O[Si](C)(C)C)O[Si](C)(C)C. The van der Waals surface area contributed by atoms with Crippen molar-refractivity contribution in [1.82, 2.24) is 0 Å². The van der Waals surface area contributed by atoms with Gasteiger partial charge in [-0.25, -0.2) is 4.79 Å². The molecule has 0 spiro atoms. The van der Waals surface area contributed by atoms with Crippen LogP contribution in [0.25, 0.3) is 5.57 Å². The van der Waals surface area contributed by atoms with Gasteiger partial charge >= 0.3 is 14.5 Å². The Bertz CT molecular complexity index is 1030. The maximum absolute atomic E-state index is 12.8. The van der Waals surface area contributed by atoms with Gasteiger partial charge in [-0.3, -0.25) is 0 Å². The molecule has 1 aromatic rings. The Morgan fingerprint density at radius 3 is 2.00 bits per heavy atom. The molecule has 10 heteroatoms. The molecule has 206 valence electrons. The molecule has 0 saturated carbocycles. The first-order chi connectivity index (χ1) is 17.0. The lowest BCUT2D eigenvalue weighted by atomic mass is 9.78. The minimum absolute atomic E-state index is 0.312. The van der Waals surface area contributed by atoms with Crippen molar-refractivity contribution in [2.24, 2.45) is 5.92 Å². The molecular formula is C27H45NO6Si3. The number of nitriles is 1. The van der Waals surface area contributed by atoms with E-state index in [0.29, 0.717) is 23.7 Å². The van der Waals surface area contributed by atoms with Crippen LogP contribution in [0, 0.1) is 17.2 Å². The molecule has 0 saturated heterocycles. The zero-order chi connectivity index (χ0) is 28.2. The topological polar surface area (TPSA) is 87.0 Å². The molecule has 0 bridgehead atoms. The first-order valence-corrected chi connectivity index (χ1v) is 22.3. The average Bonchev–Trinajstić information content (AvgIpc) is 2.94. The molecule has 0 fully saturated rings. The van der Waals surface area contributed by atoms with Gasteiger partial charge in [0.15, 0.2) is 28.1 Å². The molecule has 0 radical (unpaired) electrons. The quantitative estimate of drug-likeness (QED) is 0.122. The summed E-state index contributed by atoms with van der Waals surface area (Å²) < 4.78 is 29.6. The number of ether oxygens (including phenoxy) is 3. The number of allylic oxidation sites excluding steroid dienone is 1. The van der Waals surface area contributed by atoms with Crippen molar-refractivity contribution in [2.75, 3.05) is 20.8 Å². The highest BCUT2D eigenvalue weighted by Crippen LogP contribution is 2.52. The maximum Gasteiger partial charge on any atom is 0.331 e. The molecule has 0 amide bonds. The summed E-state index contributed by atoms with van der Waals surface area (Å²) in [7, 11) is -2.63. The fraction of sp³-hybridized carbons (Fsp3) is 0.630. The number of nitrogens with zero attached hydrogens (tertiary/aromatic N) is 1. The standard InChI is InChI=1S/C27H45NO6Si3/c1-27(2)22-18-25(31-4)24(30-3)16-20(22)21(23(27)19-28)17-26(29)32-14-12-13-15-37(11,33-35(5,6)7)34-36(8,9)10/h16-18,23H,12-15H2,1-11H3. The third kappa shape index (κ3) is 8.29. The molecule has 0 aliphatic heterocycles. The second kappa shape index (κ2) is 11.9. The third-order valence-electron chi connectivity index (χ3n) is 6.28. The Labute approximate surface area is 226 Å². The number of carbonyl (C=O) groups is 1. The van der Waals surface area contributed by atoms with Gasteiger partial charge in [-0.2, -0.15) is 5.26 Å². The second-order valence-electron chi connectivity index (χ2n) is 12.3. The fourth-order valence-corrected chi connectivity index (χ4v) is 17.7. The summed E-state index contributed by atoms with van der Waals surface area (Å²) in [5.41, 5.74) is 1.93. The summed E-state index contributed by atoms with van der Waals surface area (Å²) in [4.78, 5) is 12.8. The predicted octanol–water partition coefficient (Wildman–Crippen LogP) is 6.62. The van der Waals surface area contributed by atoms with Crippen LogP contribution in [0.5, 0.6) is 11.5 Å². The van der Waals surface area contributed by atoms with Crippen LogP contribution in [0.4, 0.5) is 0 Å². The molecule has 0 N–H and O–H groups in total. The Kier molecular flexibility index (Phi) is 10.0. The number of hydrogen-bond acceptors (Lipinski definition) is 7. The van der Waals surface area contributed by atoms with E-state index in [2.05, 4.69) is 51.9 Å². The molecule has 0 aromatic heterocycles. The largest absolute Gasteiger partial charge is 0.493 e. The molecule has 1 aliphatic rings. The van der Waals surface area contributed by atoms with Gasteiger partial charge in [-0.05, 0) is 93.5 Å². The second-order valence-corrected chi connectivity index (χ2v) is 25.2.